The highest BCUT2D eigenvalue weighted by molar-refractivity contribution is 7.80. The molecule has 1 aromatic heterocycles. The summed E-state index contributed by atoms with van der Waals surface area (Å²) in [5.74, 6) is -0.554. The van der Waals surface area contributed by atoms with Crippen molar-refractivity contribution in [3.63, 3.8) is 0 Å². The summed E-state index contributed by atoms with van der Waals surface area (Å²) in [4.78, 5) is 28.6. The fraction of sp³-hybridized carbons (Fsp3) is 0.350. The van der Waals surface area contributed by atoms with Crippen LogP contribution in [0.3, 0.4) is 0 Å². The van der Waals surface area contributed by atoms with Gasteiger partial charge in [0.1, 0.15) is 5.69 Å². The Morgan fingerprint density at radius 2 is 1.97 bits per heavy atom. The van der Waals surface area contributed by atoms with Crippen LogP contribution in [0.2, 0.25) is 5.02 Å². The summed E-state index contributed by atoms with van der Waals surface area (Å²) in [6.45, 7) is 5.57. The molecule has 0 saturated carbocycles. The monoisotopic (exact) mass is 453 g/mol. The van der Waals surface area contributed by atoms with Crippen LogP contribution in [0.25, 0.3) is 0 Å². The Morgan fingerprint density at radius 3 is 2.60 bits per heavy atom. The van der Waals surface area contributed by atoms with Gasteiger partial charge in [0.05, 0.1) is 31.5 Å². The number of H-pyrrole nitrogens is 1. The topological polar surface area (TPSA) is 104 Å². The maximum Gasteiger partial charge on any atom is 0.413 e. The van der Waals surface area contributed by atoms with E-state index < -0.39 is 18.2 Å². The van der Waals surface area contributed by atoms with Crippen LogP contribution in [0, 0.1) is 0 Å². The van der Waals surface area contributed by atoms with E-state index in [1.54, 1.807) is 56.1 Å². The van der Waals surface area contributed by atoms with E-state index in [4.69, 9.17) is 33.3 Å². The first kappa shape index (κ1) is 23.7. The number of carbonyl (C=O) groups excluding carboxylic acids is 2. The largest absolute Gasteiger partial charge is 0.461 e. The van der Waals surface area contributed by atoms with Crippen LogP contribution in [-0.2, 0) is 16.0 Å². The minimum atomic E-state index is -0.766. The van der Waals surface area contributed by atoms with Crippen molar-refractivity contribution >= 4 is 46.7 Å². The summed E-state index contributed by atoms with van der Waals surface area (Å²) < 4.78 is 9.99. The number of aliphatic hydroxyl groups is 1. The lowest BCUT2D eigenvalue weighted by Crippen LogP contribution is -2.43. The van der Waals surface area contributed by atoms with Crippen molar-refractivity contribution < 1.29 is 24.2 Å². The number of carbonyl (C=O) groups is 2. The van der Waals surface area contributed by atoms with Gasteiger partial charge in [0.25, 0.3) is 0 Å². The zero-order valence-corrected chi connectivity index (χ0v) is 18.5. The molecule has 2 rings (SSSR count). The predicted octanol–water partition coefficient (Wildman–Crippen LogP) is 3.94. The maximum atomic E-state index is 12.3. The first-order valence-corrected chi connectivity index (χ1v) is 10.1. The van der Waals surface area contributed by atoms with E-state index in [1.807, 2.05) is 0 Å². The van der Waals surface area contributed by atoms with Gasteiger partial charge in [-0.2, -0.15) is 0 Å². The number of rotatable bonds is 7. The summed E-state index contributed by atoms with van der Waals surface area (Å²) >= 11 is 11.6. The van der Waals surface area contributed by atoms with Crippen LogP contribution in [0.15, 0.2) is 30.5 Å². The number of nitrogens with one attached hydrogen (secondary N) is 2. The number of thiocarbonyl (C=S) groups is 1. The minimum Gasteiger partial charge on any atom is -0.461 e. The zero-order valence-electron chi connectivity index (χ0n) is 16.9. The average Bonchev–Trinajstić information content (AvgIpc) is 3.16. The van der Waals surface area contributed by atoms with E-state index >= 15 is 0 Å². The smallest absolute Gasteiger partial charge is 0.413 e. The summed E-state index contributed by atoms with van der Waals surface area (Å²) in [5.41, 5.74) is 1.91. The lowest BCUT2D eigenvalue weighted by molar-refractivity contribution is 0.0521. The molecule has 0 fully saturated rings. The van der Waals surface area contributed by atoms with Crippen molar-refractivity contribution in [3.8, 4) is 0 Å². The number of aromatic nitrogens is 1. The fourth-order valence-electron chi connectivity index (χ4n) is 2.74. The Hall–Kier alpha value is -2.62. The number of benzene rings is 1. The lowest BCUT2D eigenvalue weighted by atomic mass is 10.1. The van der Waals surface area contributed by atoms with E-state index in [0.717, 1.165) is 5.56 Å². The van der Waals surface area contributed by atoms with Gasteiger partial charge in [-0.15, -0.1) is 0 Å². The van der Waals surface area contributed by atoms with Crippen molar-refractivity contribution in [3.05, 3.63) is 52.3 Å². The Bertz CT molecular complexity index is 916. The Morgan fingerprint density at radius 1 is 1.27 bits per heavy atom. The molecule has 0 spiro atoms. The molecule has 0 aliphatic rings. The third kappa shape index (κ3) is 5.94. The third-order valence-corrected chi connectivity index (χ3v) is 4.74. The number of esters is 1. The minimum absolute atomic E-state index is 0.0344. The summed E-state index contributed by atoms with van der Waals surface area (Å²) in [6.07, 6.45) is 0.101. The molecule has 3 N–H and O–H groups in total. The Kier molecular flexibility index (Phi) is 8.64. The van der Waals surface area contributed by atoms with Gasteiger partial charge in [0.15, 0.2) is 5.11 Å². The molecule has 0 bridgehead atoms. The molecule has 1 unspecified atom stereocenters. The number of aromatic amines is 1. The molecule has 162 valence electrons. The van der Waals surface area contributed by atoms with E-state index in [0.29, 0.717) is 16.3 Å². The third-order valence-electron chi connectivity index (χ3n) is 4.08. The second-order valence-electron chi connectivity index (χ2n) is 6.23. The van der Waals surface area contributed by atoms with Gasteiger partial charge in [-0.3, -0.25) is 5.32 Å². The van der Waals surface area contributed by atoms with Gasteiger partial charge in [0.2, 0.25) is 0 Å². The van der Waals surface area contributed by atoms with Crippen molar-refractivity contribution in [2.24, 2.45) is 0 Å². The second kappa shape index (κ2) is 11.0. The van der Waals surface area contributed by atoms with Gasteiger partial charge < -0.3 is 24.5 Å². The highest BCUT2D eigenvalue weighted by atomic mass is 35.5. The second-order valence-corrected chi connectivity index (χ2v) is 7.02. The van der Waals surface area contributed by atoms with E-state index in [2.05, 4.69) is 10.3 Å². The molecule has 10 heteroatoms. The molecule has 0 radical (unpaired) electrons. The molecule has 30 heavy (non-hydrogen) atoms. The number of alkyl carbamates (subject to hydrolysis) is 1. The number of hydrogen-bond donors (Lipinski definition) is 3. The molecular formula is C20H24ClN3O5S. The molecule has 1 atom stereocenters. The van der Waals surface area contributed by atoms with Gasteiger partial charge in [-0.1, -0.05) is 17.7 Å². The Labute approximate surface area is 185 Å². The summed E-state index contributed by atoms with van der Waals surface area (Å²) in [5, 5.41) is 12.9. The van der Waals surface area contributed by atoms with Gasteiger partial charge in [-0.05, 0) is 62.3 Å². The van der Waals surface area contributed by atoms with Gasteiger partial charge >= 0.3 is 12.1 Å². The first-order valence-electron chi connectivity index (χ1n) is 9.34. The maximum absolute atomic E-state index is 12.3. The van der Waals surface area contributed by atoms with Crippen LogP contribution in [0.5, 0.6) is 0 Å². The van der Waals surface area contributed by atoms with Gasteiger partial charge in [-0.25, -0.2) is 9.59 Å². The van der Waals surface area contributed by atoms with E-state index in [1.165, 1.54) is 0 Å². The quantitative estimate of drug-likeness (QED) is 0.431. The fourth-order valence-corrected chi connectivity index (χ4v) is 3.26. The molecule has 0 aliphatic heterocycles. The van der Waals surface area contributed by atoms with Crippen LogP contribution in [0.4, 0.5) is 10.5 Å². The number of halogens is 1. The number of nitrogens with zero attached hydrogens (tertiary/aromatic N) is 1. The number of aliphatic hydroxyl groups excluding tert-OH is 1. The Balaban J connectivity index is 2.41. The average molecular weight is 454 g/mol. The van der Waals surface area contributed by atoms with Crippen molar-refractivity contribution in [1.82, 2.24) is 10.3 Å². The molecule has 2 aromatic rings. The number of anilines is 1. The summed E-state index contributed by atoms with van der Waals surface area (Å²) in [7, 11) is 0. The number of ether oxygens (including phenoxy) is 2. The standard InChI is InChI=1S/C20H24ClN3O5S/c1-4-28-18(26)17-16(8-9-22-17)24(19(30)23-20(27)29-5-2)11-13-6-7-15(21)14(10-13)12(3)25/h6-10,12,22,25H,4-5,11H2,1-3H3,(H,23,27,30). The molecule has 1 aromatic carbocycles. The van der Waals surface area contributed by atoms with Crippen molar-refractivity contribution in [2.45, 2.75) is 33.4 Å². The lowest BCUT2D eigenvalue weighted by Gasteiger charge is -2.26. The zero-order chi connectivity index (χ0) is 22.3. The first-order chi connectivity index (χ1) is 14.3. The van der Waals surface area contributed by atoms with Crippen LogP contribution in [-0.4, -0.2) is 40.5 Å². The van der Waals surface area contributed by atoms with Crippen LogP contribution in [0.1, 0.15) is 48.5 Å². The summed E-state index contributed by atoms with van der Waals surface area (Å²) in [6, 6.07) is 6.83. The van der Waals surface area contributed by atoms with Crippen LogP contribution < -0.4 is 10.2 Å². The number of amides is 1. The predicted molar refractivity (Wildman–Crippen MR) is 118 cm³/mol. The van der Waals surface area contributed by atoms with Crippen LogP contribution >= 0.6 is 23.8 Å². The highest BCUT2D eigenvalue weighted by Gasteiger charge is 2.24. The molecular weight excluding hydrogens is 430 g/mol. The van der Waals surface area contributed by atoms with E-state index in [9.17, 15) is 14.7 Å². The SMILES string of the molecule is CCOC(=O)NC(=S)N(Cc1ccc(Cl)c(C(C)O)c1)c1cc[nH]c1C(=O)OCC. The molecule has 1 amide bonds. The highest BCUT2D eigenvalue weighted by Crippen LogP contribution is 2.27. The molecule has 1 heterocycles. The molecule has 0 saturated heterocycles. The van der Waals surface area contributed by atoms with Gasteiger partial charge in [0, 0.05) is 11.2 Å². The van der Waals surface area contributed by atoms with Crippen molar-refractivity contribution in [1.29, 1.82) is 0 Å². The molecule has 0 aliphatic carbocycles. The van der Waals surface area contributed by atoms with E-state index in [-0.39, 0.29) is 30.6 Å². The number of hydrogen-bond acceptors (Lipinski definition) is 6. The normalized spacial score (nSPS) is 11.5. The van der Waals surface area contributed by atoms with Crippen molar-refractivity contribution in [2.75, 3.05) is 18.1 Å². The molecule has 8 nitrogen and oxygen atoms in total.